The summed E-state index contributed by atoms with van der Waals surface area (Å²) in [5, 5.41) is 3.24. The zero-order valence-electron chi connectivity index (χ0n) is 14.8. The van der Waals surface area contributed by atoms with Crippen LogP contribution in [-0.4, -0.2) is 33.5 Å². The maximum atomic E-state index is 13.1. The SMILES string of the molecule is Cc1nc2ccccn2c1C(=O)NC(c1cccnc1)C1CCOCC1. The summed E-state index contributed by atoms with van der Waals surface area (Å²) in [6, 6.07) is 9.57. The number of hydrogen-bond acceptors (Lipinski definition) is 4. The van der Waals surface area contributed by atoms with Crippen LogP contribution in [0.5, 0.6) is 0 Å². The minimum atomic E-state index is -0.110. The van der Waals surface area contributed by atoms with Crippen molar-refractivity contribution in [2.24, 2.45) is 5.92 Å². The number of carbonyl (C=O) groups is 1. The Labute approximate surface area is 152 Å². The Morgan fingerprint density at radius 3 is 2.88 bits per heavy atom. The maximum Gasteiger partial charge on any atom is 0.270 e. The topological polar surface area (TPSA) is 68.5 Å². The standard InChI is InChI=1S/C20H22N4O2/c1-14-19(24-10-3-2-6-17(24)22-14)20(25)23-18(15-7-11-26-12-8-15)16-5-4-9-21-13-16/h2-6,9-10,13,15,18H,7-8,11-12H2,1H3,(H,23,25). The second-order valence-electron chi connectivity index (χ2n) is 6.66. The summed E-state index contributed by atoms with van der Waals surface area (Å²) in [5.74, 6) is 0.220. The molecule has 0 saturated carbocycles. The molecular formula is C20H22N4O2. The van der Waals surface area contributed by atoms with E-state index in [4.69, 9.17) is 4.74 Å². The average Bonchev–Trinajstić information content (AvgIpc) is 3.03. The molecule has 3 aromatic rings. The van der Waals surface area contributed by atoms with Gasteiger partial charge in [0.25, 0.3) is 5.91 Å². The Balaban J connectivity index is 1.66. The number of amides is 1. The van der Waals surface area contributed by atoms with Crippen LogP contribution in [0.3, 0.4) is 0 Å². The molecule has 4 heterocycles. The average molecular weight is 350 g/mol. The Hall–Kier alpha value is -2.73. The van der Waals surface area contributed by atoms with Crippen LogP contribution in [0.1, 0.15) is 40.6 Å². The number of pyridine rings is 2. The first-order chi connectivity index (χ1) is 12.7. The highest BCUT2D eigenvalue weighted by molar-refractivity contribution is 5.95. The summed E-state index contributed by atoms with van der Waals surface area (Å²) in [6.07, 6.45) is 7.30. The molecule has 3 aromatic heterocycles. The first-order valence-corrected chi connectivity index (χ1v) is 8.96. The Bertz CT molecular complexity index is 901. The summed E-state index contributed by atoms with van der Waals surface area (Å²) in [5.41, 5.74) is 3.12. The lowest BCUT2D eigenvalue weighted by molar-refractivity contribution is 0.0512. The number of carbonyl (C=O) groups excluding carboxylic acids is 1. The van der Waals surface area contributed by atoms with Crippen LogP contribution in [0.4, 0.5) is 0 Å². The Morgan fingerprint density at radius 1 is 1.27 bits per heavy atom. The molecule has 0 aromatic carbocycles. The summed E-state index contributed by atoms with van der Waals surface area (Å²) in [6.45, 7) is 3.33. The van der Waals surface area contributed by atoms with Gasteiger partial charge in [-0.1, -0.05) is 12.1 Å². The fourth-order valence-corrected chi connectivity index (χ4v) is 3.68. The van der Waals surface area contributed by atoms with Gasteiger partial charge in [0.15, 0.2) is 0 Å². The first-order valence-electron chi connectivity index (χ1n) is 8.96. The number of rotatable bonds is 4. The van der Waals surface area contributed by atoms with Gasteiger partial charge in [-0.15, -0.1) is 0 Å². The highest BCUT2D eigenvalue weighted by atomic mass is 16.5. The smallest absolute Gasteiger partial charge is 0.270 e. The lowest BCUT2D eigenvalue weighted by Crippen LogP contribution is -2.36. The first kappa shape index (κ1) is 16.7. The van der Waals surface area contributed by atoms with E-state index in [9.17, 15) is 4.79 Å². The van der Waals surface area contributed by atoms with Crippen molar-refractivity contribution in [3.8, 4) is 0 Å². The summed E-state index contributed by atoms with van der Waals surface area (Å²) < 4.78 is 7.34. The van der Waals surface area contributed by atoms with E-state index in [1.807, 2.05) is 54.0 Å². The van der Waals surface area contributed by atoms with Crippen molar-refractivity contribution >= 4 is 11.6 Å². The van der Waals surface area contributed by atoms with Crippen LogP contribution in [0.25, 0.3) is 5.65 Å². The molecule has 1 saturated heterocycles. The van der Waals surface area contributed by atoms with Gasteiger partial charge >= 0.3 is 0 Å². The van der Waals surface area contributed by atoms with Crippen molar-refractivity contribution in [3.63, 3.8) is 0 Å². The van der Waals surface area contributed by atoms with Gasteiger partial charge in [-0.2, -0.15) is 0 Å². The minimum absolute atomic E-state index is 0.0891. The molecule has 0 spiro atoms. The second kappa shape index (κ2) is 7.25. The molecule has 134 valence electrons. The molecule has 0 aliphatic carbocycles. The van der Waals surface area contributed by atoms with E-state index in [1.165, 1.54) is 0 Å². The monoisotopic (exact) mass is 350 g/mol. The largest absolute Gasteiger partial charge is 0.381 e. The third kappa shape index (κ3) is 3.20. The Morgan fingerprint density at radius 2 is 2.12 bits per heavy atom. The van der Waals surface area contributed by atoms with E-state index in [0.717, 1.165) is 43.0 Å². The zero-order chi connectivity index (χ0) is 17.9. The van der Waals surface area contributed by atoms with E-state index in [1.54, 1.807) is 6.20 Å². The van der Waals surface area contributed by atoms with Gasteiger partial charge in [-0.05, 0) is 49.4 Å². The predicted molar refractivity (Wildman–Crippen MR) is 97.9 cm³/mol. The van der Waals surface area contributed by atoms with Crippen LogP contribution < -0.4 is 5.32 Å². The van der Waals surface area contributed by atoms with E-state index in [-0.39, 0.29) is 11.9 Å². The van der Waals surface area contributed by atoms with Gasteiger partial charge in [-0.3, -0.25) is 14.2 Å². The summed E-state index contributed by atoms with van der Waals surface area (Å²) in [4.78, 5) is 21.9. The third-order valence-corrected chi connectivity index (χ3v) is 4.99. The van der Waals surface area contributed by atoms with Crippen molar-refractivity contribution in [3.05, 3.63) is 65.9 Å². The highest BCUT2D eigenvalue weighted by Crippen LogP contribution is 2.30. The van der Waals surface area contributed by atoms with Crippen molar-refractivity contribution in [1.82, 2.24) is 19.7 Å². The molecule has 26 heavy (non-hydrogen) atoms. The van der Waals surface area contributed by atoms with Gasteiger partial charge in [0, 0.05) is 31.8 Å². The van der Waals surface area contributed by atoms with Gasteiger partial charge in [-0.25, -0.2) is 4.98 Å². The zero-order valence-corrected chi connectivity index (χ0v) is 14.8. The molecule has 1 unspecified atom stereocenters. The molecule has 1 amide bonds. The number of hydrogen-bond donors (Lipinski definition) is 1. The summed E-state index contributed by atoms with van der Waals surface area (Å²) in [7, 11) is 0. The minimum Gasteiger partial charge on any atom is -0.381 e. The predicted octanol–water partition coefficient (Wildman–Crippen LogP) is 2.94. The van der Waals surface area contributed by atoms with Crippen molar-refractivity contribution in [1.29, 1.82) is 0 Å². The Kier molecular flexibility index (Phi) is 4.67. The van der Waals surface area contributed by atoms with E-state index in [2.05, 4.69) is 15.3 Å². The molecule has 0 bridgehead atoms. The van der Waals surface area contributed by atoms with E-state index < -0.39 is 0 Å². The number of aromatic nitrogens is 3. The molecule has 1 N–H and O–H groups in total. The number of fused-ring (bicyclic) bond motifs is 1. The number of nitrogens with zero attached hydrogens (tertiary/aromatic N) is 3. The number of imidazole rings is 1. The van der Waals surface area contributed by atoms with Crippen LogP contribution in [-0.2, 0) is 4.74 Å². The molecule has 1 aliphatic rings. The van der Waals surface area contributed by atoms with Gasteiger partial charge in [0.05, 0.1) is 11.7 Å². The van der Waals surface area contributed by atoms with Crippen LogP contribution in [0.15, 0.2) is 48.9 Å². The molecule has 6 heteroatoms. The normalized spacial score (nSPS) is 16.5. The molecule has 6 nitrogen and oxygen atoms in total. The van der Waals surface area contributed by atoms with Gasteiger partial charge in [0.2, 0.25) is 0 Å². The quantitative estimate of drug-likeness (QED) is 0.785. The maximum absolute atomic E-state index is 13.1. The van der Waals surface area contributed by atoms with E-state index >= 15 is 0 Å². The van der Waals surface area contributed by atoms with Crippen molar-refractivity contribution in [2.75, 3.05) is 13.2 Å². The molecular weight excluding hydrogens is 328 g/mol. The van der Waals surface area contributed by atoms with Gasteiger partial charge < -0.3 is 10.1 Å². The third-order valence-electron chi connectivity index (χ3n) is 4.99. The molecule has 1 aliphatic heterocycles. The number of ether oxygens (including phenoxy) is 1. The molecule has 1 fully saturated rings. The van der Waals surface area contributed by atoms with Crippen molar-refractivity contribution in [2.45, 2.75) is 25.8 Å². The second-order valence-corrected chi connectivity index (χ2v) is 6.66. The lowest BCUT2D eigenvalue weighted by atomic mass is 9.87. The number of aryl methyl sites for hydroxylation is 1. The molecule has 0 radical (unpaired) electrons. The lowest BCUT2D eigenvalue weighted by Gasteiger charge is -2.31. The highest BCUT2D eigenvalue weighted by Gasteiger charge is 2.29. The molecule has 4 rings (SSSR count). The number of nitrogens with one attached hydrogen (secondary N) is 1. The van der Waals surface area contributed by atoms with Crippen LogP contribution in [0.2, 0.25) is 0 Å². The van der Waals surface area contributed by atoms with Gasteiger partial charge in [0.1, 0.15) is 11.3 Å². The summed E-state index contributed by atoms with van der Waals surface area (Å²) >= 11 is 0. The van der Waals surface area contributed by atoms with E-state index in [0.29, 0.717) is 11.6 Å². The van der Waals surface area contributed by atoms with Crippen molar-refractivity contribution < 1.29 is 9.53 Å². The van der Waals surface area contributed by atoms with Crippen LogP contribution >= 0.6 is 0 Å². The fraction of sp³-hybridized carbons (Fsp3) is 0.350. The van der Waals surface area contributed by atoms with Crippen LogP contribution in [0, 0.1) is 12.8 Å². The fourth-order valence-electron chi connectivity index (χ4n) is 3.68. The molecule has 1 atom stereocenters.